The predicted octanol–water partition coefficient (Wildman–Crippen LogP) is 4.47. The van der Waals surface area contributed by atoms with Crippen molar-refractivity contribution in [2.24, 2.45) is 4.99 Å². The van der Waals surface area contributed by atoms with Gasteiger partial charge in [-0.25, -0.2) is 4.99 Å². The predicted molar refractivity (Wildman–Crippen MR) is 85.9 cm³/mol. The molecule has 2 aromatic rings. The number of aromatic hydroxyl groups is 1. The number of thiocarbonyl (C=S) groups is 1. The van der Waals surface area contributed by atoms with E-state index in [1.807, 2.05) is 36.4 Å². The quantitative estimate of drug-likeness (QED) is 0.653. The van der Waals surface area contributed by atoms with Crippen LogP contribution in [-0.2, 0) is 6.42 Å². The van der Waals surface area contributed by atoms with E-state index < -0.39 is 0 Å². The standard InChI is InChI=1S/C16H14ClNOS/c17-15-5-1-12(2-6-15)9-14(10-18-11-20)13-3-7-16(19)8-4-13/h1-8,14,19H,9-10H2/t14-/m1/s1. The summed E-state index contributed by atoms with van der Waals surface area (Å²) in [4.78, 5) is 4.06. The van der Waals surface area contributed by atoms with Crippen LogP contribution in [0.4, 0.5) is 0 Å². The van der Waals surface area contributed by atoms with Gasteiger partial charge in [-0.15, -0.1) is 0 Å². The topological polar surface area (TPSA) is 32.6 Å². The van der Waals surface area contributed by atoms with Crippen molar-refractivity contribution in [3.05, 3.63) is 64.7 Å². The van der Waals surface area contributed by atoms with Gasteiger partial charge in [-0.2, -0.15) is 0 Å². The van der Waals surface area contributed by atoms with Gasteiger partial charge in [0.1, 0.15) is 5.75 Å². The zero-order valence-electron chi connectivity index (χ0n) is 10.8. The van der Waals surface area contributed by atoms with Crippen LogP contribution in [0.2, 0.25) is 5.02 Å². The van der Waals surface area contributed by atoms with Gasteiger partial charge >= 0.3 is 0 Å². The average molecular weight is 304 g/mol. The molecule has 0 aliphatic carbocycles. The number of halogens is 1. The van der Waals surface area contributed by atoms with Gasteiger partial charge in [0.05, 0.1) is 11.7 Å². The Morgan fingerprint density at radius 3 is 2.35 bits per heavy atom. The minimum atomic E-state index is 0.201. The minimum absolute atomic E-state index is 0.201. The van der Waals surface area contributed by atoms with E-state index in [9.17, 15) is 5.11 Å². The second-order valence-electron chi connectivity index (χ2n) is 4.55. The number of hydrogen-bond donors (Lipinski definition) is 1. The molecule has 0 amide bonds. The molecule has 0 saturated heterocycles. The molecule has 0 fully saturated rings. The fraction of sp³-hybridized carbons (Fsp3) is 0.188. The molecule has 2 aromatic carbocycles. The van der Waals surface area contributed by atoms with Gasteiger partial charge in [0.15, 0.2) is 0 Å². The largest absolute Gasteiger partial charge is 0.508 e. The minimum Gasteiger partial charge on any atom is -0.508 e. The van der Waals surface area contributed by atoms with Crippen LogP contribution in [0.25, 0.3) is 0 Å². The summed E-state index contributed by atoms with van der Waals surface area (Å²) in [7, 11) is 0. The van der Waals surface area contributed by atoms with Crippen LogP contribution in [0.3, 0.4) is 0 Å². The zero-order valence-corrected chi connectivity index (χ0v) is 12.4. The molecule has 0 unspecified atom stereocenters. The maximum absolute atomic E-state index is 9.37. The Morgan fingerprint density at radius 1 is 1.10 bits per heavy atom. The van der Waals surface area contributed by atoms with Crippen molar-refractivity contribution in [1.29, 1.82) is 0 Å². The number of benzene rings is 2. The first-order chi connectivity index (χ1) is 9.69. The molecule has 0 aliphatic heterocycles. The molecule has 4 heteroatoms. The Bertz CT molecular complexity index is 603. The van der Waals surface area contributed by atoms with Crippen LogP contribution >= 0.6 is 23.8 Å². The lowest BCUT2D eigenvalue weighted by Gasteiger charge is -2.15. The second kappa shape index (κ2) is 7.20. The lowest BCUT2D eigenvalue weighted by atomic mass is 9.92. The van der Waals surface area contributed by atoms with Gasteiger partial charge in [-0.05, 0) is 54.0 Å². The van der Waals surface area contributed by atoms with Gasteiger partial charge in [-0.3, -0.25) is 0 Å². The second-order valence-corrected chi connectivity index (χ2v) is 5.17. The Kier molecular flexibility index (Phi) is 5.31. The summed E-state index contributed by atoms with van der Waals surface area (Å²) in [5, 5.41) is 12.5. The van der Waals surface area contributed by atoms with Crippen molar-refractivity contribution in [2.45, 2.75) is 12.3 Å². The molecule has 0 saturated carbocycles. The number of nitrogens with zero attached hydrogens (tertiary/aromatic N) is 1. The smallest absolute Gasteiger partial charge is 0.115 e. The monoisotopic (exact) mass is 303 g/mol. The first-order valence-electron chi connectivity index (χ1n) is 6.26. The summed E-state index contributed by atoms with van der Waals surface area (Å²) in [6.07, 6.45) is 0.836. The first kappa shape index (κ1) is 14.7. The maximum atomic E-state index is 9.37. The molecular formula is C16H14ClNOS. The Labute approximate surface area is 128 Å². The zero-order chi connectivity index (χ0) is 14.4. The molecule has 2 rings (SSSR count). The van der Waals surface area contributed by atoms with Gasteiger partial charge < -0.3 is 5.11 Å². The molecule has 2 nitrogen and oxygen atoms in total. The summed E-state index contributed by atoms with van der Waals surface area (Å²) in [5.41, 5.74) is 2.30. The molecule has 20 heavy (non-hydrogen) atoms. The van der Waals surface area contributed by atoms with E-state index in [0.29, 0.717) is 6.54 Å². The van der Waals surface area contributed by atoms with E-state index in [1.54, 1.807) is 12.1 Å². The third-order valence-electron chi connectivity index (χ3n) is 3.14. The van der Waals surface area contributed by atoms with Crippen molar-refractivity contribution in [3.63, 3.8) is 0 Å². The van der Waals surface area contributed by atoms with Crippen molar-refractivity contribution < 1.29 is 5.11 Å². The number of isothiocyanates is 1. The van der Waals surface area contributed by atoms with Crippen molar-refractivity contribution >= 4 is 29.0 Å². The number of phenolic OH excluding ortho intramolecular Hbond substituents is 1. The highest BCUT2D eigenvalue weighted by atomic mass is 35.5. The van der Waals surface area contributed by atoms with E-state index in [1.165, 1.54) is 5.56 Å². The fourth-order valence-electron chi connectivity index (χ4n) is 2.09. The van der Waals surface area contributed by atoms with Crippen LogP contribution in [0, 0.1) is 0 Å². The number of hydrogen-bond acceptors (Lipinski definition) is 3. The first-order valence-corrected chi connectivity index (χ1v) is 7.04. The molecule has 1 atom stereocenters. The van der Waals surface area contributed by atoms with Crippen molar-refractivity contribution in [3.8, 4) is 5.75 Å². The van der Waals surface area contributed by atoms with Gasteiger partial charge in [0.25, 0.3) is 0 Å². The van der Waals surface area contributed by atoms with Crippen LogP contribution in [0.15, 0.2) is 53.5 Å². The number of rotatable bonds is 5. The molecule has 0 radical (unpaired) electrons. The molecule has 0 aliphatic rings. The lowest BCUT2D eigenvalue weighted by molar-refractivity contribution is 0.475. The third-order valence-corrected chi connectivity index (χ3v) is 3.52. The summed E-state index contributed by atoms with van der Waals surface area (Å²) in [5.74, 6) is 0.463. The highest BCUT2D eigenvalue weighted by Gasteiger charge is 2.12. The molecule has 1 N–H and O–H groups in total. The van der Waals surface area contributed by atoms with Crippen LogP contribution < -0.4 is 0 Å². The maximum Gasteiger partial charge on any atom is 0.115 e. The van der Waals surface area contributed by atoms with Crippen LogP contribution in [0.1, 0.15) is 17.0 Å². The van der Waals surface area contributed by atoms with Crippen LogP contribution in [0.5, 0.6) is 5.75 Å². The Morgan fingerprint density at radius 2 is 1.75 bits per heavy atom. The molecule has 0 spiro atoms. The van der Waals surface area contributed by atoms with Crippen LogP contribution in [-0.4, -0.2) is 16.8 Å². The summed E-state index contributed by atoms with van der Waals surface area (Å²) >= 11 is 10.5. The van der Waals surface area contributed by atoms with E-state index in [2.05, 4.69) is 22.4 Å². The summed E-state index contributed by atoms with van der Waals surface area (Å²) < 4.78 is 0. The fourth-order valence-corrected chi connectivity index (χ4v) is 2.29. The van der Waals surface area contributed by atoms with Gasteiger partial charge in [-0.1, -0.05) is 35.9 Å². The van der Waals surface area contributed by atoms with Crippen molar-refractivity contribution in [2.75, 3.05) is 6.54 Å². The Balaban J connectivity index is 2.20. The summed E-state index contributed by atoms with van der Waals surface area (Å²) in [6, 6.07) is 15.0. The van der Waals surface area contributed by atoms with Gasteiger partial charge in [0, 0.05) is 10.9 Å². The lowest BCUT2D eigenvalue weighted by Crippen LogP contribution is -2.06. The molecular weight excluding hydrogens is 290 g/mol. The normalized spacial score (nSPS) is 11.7. The third kappa shape index (κ3) is 4.17. The molecule has 0 aromatic heterocycles. The number of aliphatic imine (C=N–C) groups is 1. The van der Waals surface area contributed by atoms with E-state index in [0.717, 1.165) is 17.0 Å². The Hall–Kier alpha value is -1.67. The molecule has 102 valence electrons. The number of phenols is 1. The highest BCUT2D eigenvalue weighted by Crippen LogP contribution is 2.24. The van der Waals surface area contributed by atoms with Gasteiger partial charge in [0.2, 0.25) is 0 Å². The van der Waals surface area contributed by atoms with E-state index >= 15 is 0 Å². The molecule has 0 bridgehead atoms. The molecule has 0 heterocycles. The van der Waals surface area contributed by atoms with E-state index in [-0.39, 0.29) is 11.7 Å². The van der Waals surface area contributed by atoms with E-state index in [4.69, 9.17) is 11.6 Å². The average Bonchev–Trinajstić information content (AvgIpc) is 2.46. The SMILES string of the molecule is Oc1ccc([C@@H](CN=C=S)Cc2ccc(Cl)cc2)cc1. The summed E-state index contributed by atoms with van der Waals surface area (Å²) in [6.45, 7) is 0.580. The highest BCUT2D eigenvalue weighted by molar-refractivity contribution is 7.78. The van der Waals surface area contributed by atoms with Crippen molar-refractivity contribution in [1.82, 2.24) is 0 Å².